The minimum absolute atomic E-state index is 0.0440. The maximum atomic E-state index is 12.0. The summed E-state index contributed by atoms with van der Waals surface area (Å²) in [6.45, 7) is 5.17. The first-order valence-corrected chi connectivity index (χ1v) is 5.63. The minimum Gasteiger partial charge on any atom is -0.352 e. The first-order valence-electron chi connectivity index (χ1n) is 5.63. The Labute approximate surface area is 101 Å². The Morgan fingerprint density at radius 2 is 1.65 bits per heavy atom. The van der Waals surface area contributed by atoms with Crippen molar-refractivity contribution < 1.29 is 9.59 Å². The van der Waals surface area contributed by atoms with Gasteiger partial charge in [0.25, 0.3) is 0 Å². The summed E-state index contributed by atoms with van der Waals surface area (Å²) < 4.78 is 0. The van der Waals surface area contributed by atoms with Crippen LogP contribution in [0.15, 0.2) is 30.3 Å². The molecule has 0 heterocycles. The third kappa shape index (κ3) is 4.26. The number of rotatable bonds is 4. The molecular formula is C13H18N2O2. The van der Waals surface area contributed by atoms with E-state index in [1.54, 1.807) is 0 Å². The Bertz CT molecular complexity index is 388. The van der Waals surface area contributed by atoms with Gasteiger partial charge in [-0.1, -0.05) is 30.3 Å². The molecule has 1 atom stereocenters. The molecule has 0 aromatic heterocycles. The van der Waals surface area contributed by atoms with Crippen molar-refractivity contribution in [1.29, 1.82) is 0 Å². The molecule has 0 bridgehead atoms. The van der Waals surface area contributed by atoms with Crippen LogP contribution in [0.5, 0.6) is 0 Å². The molecule has 0 spiro atoms. The van der Waals surface area contributed by atoms with Crippen molar-refractivity contribution in [2.45, 2.75) is 32.9 Å². The van der Waals surface area contributed by atoms with E-state index in [-0.39, 0.29) is 17.9 Å². The summed E-state index contributed by atoms with van der Waals surface area (Å²) in [4.78, 5) is 23.1. The fourth-order valence-corrected chi connectivity index (χ4v) is 1.52. The van der Waals surface area contributed by atoms with Crippen molar-refractivity contribution >= 4 is 11.8 Å². The molecule has 2 amide bonds. The standard InChI is InChI=1S/C13H18N2O2/c1-9(2)14-13(17)12(15-10(3)16)11-7-5-4-6-8-11/h4-9,12H,1-3H3,(H,14,17)(H,15,16)/t12-/m0/s1. The number of benzene rings is 1. The summed E-state index contributed by atoms with van der Waals surface area (Å²) >= 11 is 0. The Morgan fingerprint density at radius 1 is 1.06 bits per heavy atom. The van der Waals surface area contributed by atoms with Crippen molar-refractivity contribution in [3.63, 3.8) is 0 Å². The third-order valence-electron chi connectivity index (χ3n) is 2.17. The third-order valence-corrected chi connectivity index (χ3v) is 2.17. The Kier molecular flexibility index (Phi) is 4.69. The van der Waals surface area contributed by atoms with E-state index >= 15 is 0 Å². The summed E-state index contributed by atoms with van der Waals surface area (Å²) in [7, 11) is 0. The fraction of sp³-hybridized carbons (Fsp3) is 0.385. The molecule has 0 saturated carbocycles. The van der Waals surface area contributed by atoms with Crippen LogP contribution in [0.25, 0.3) is 0 Å². The van der Waals surface area contributed by atoms with E-state index in [0.29, 0.717) is 0 Å². The quantitative estimate of drug-likeness (QED) is 0.827. The fourth-order valence-electron chi connectivity index (χ4n) is 1.52. The van der Waals surface area contributed by atoms with Gasteiger partial charge in [0.05, 0.1) is 0 Å². The van der Waals surface area contributed by atoms with Crippen LogP contribution in [0, 0.1) is 0 Å². The Hall–Kier alpha value is -1.84. The van der Waals surface area contributed by atoms with Crippen LogP contribution in [0.3, 0.4) is 0 Å². The largest absolute Gasteiger partial charge is 0.352 e. The van der Waals surface area contributed by atoms with Gasteiger partial charge in [0.2, 0.25) is 11.8 Å². The summed E-state index contributed by atoms with van der Waals surface area (Å²) in [5.41, 5.74) is 0.779. The van der Waals surface area contributed by atoms with E-state index in [1.165, 1.54) is 6.92 Å². The lowest BCUT2D eigenvalue weighted by atomic mass is 10.1. The molecule has 1 rings (SSSR count). The first kappa shape index (κ1) is 13.2. The van der Waals surface area contributed by atoms with Crippen LogP contribution in [0.4, 0.5) is 0 Å². The molecule has 1 aromatic rings. The lowest BCUT2D eigenvalue weighted by molar-refractivity contribution is -0.128. The zero-order valence-corrected chi connectivity index (χ0v) is 10.4. The second-order valence-electron chi connectivity index (χ2n) is 4.21. The van der Waals surface area contributed by atoms with Gasteiger partial charge in [-0.05, 0) is 19.4 Å². The van der Waals surface area contributed by atoms with E-state index < -0.39 is 6.04 Å². The molecule has 1 aromatic carbocycles. The van der Waals surface area contributed by atoms with Crippen LogP contribution in [-0.2, 0) is 9.59 Å². The normalized spacial score (nSPS) is 12.0. The van der Waals surface area contributed by atoms with Crippen molar-refractivity contribution in [1.82, 2.24) is 10.6 Å². The van der Waals surface area contributed by atoms with Crippen LogP contribution in [0.2, 0.25) is 0 Å². The van der Waals surface area contributed by atoms with Gasteiger partial charge in [0.1, 0.15) is 6.04 Å². The highest BCUT2D eigenvalue weighted by Crippen LogP contribution is 2.12. The predicted octanol–water partition coefficient (Wildman–Crippen LogP) is 1.39. The molecule has 0 fully saturated rings. The Morgan fingerprint density at radius 3 is 2.12 bits per heavy atom. The van der Waals surface area contributed by atoms with Gasteiger partial charge in [0, 0.05) is 13.0 Å². The van der Waals surface area contributed by atoms with Gasteiger partial charge >= 0.3 is 0 Å². The number of nitrogens with one attached hydrogen (secondary N) is 2. The number of amides is 2. The van der Waals surface area contributed by atoms with Gasteiger partial charge in [-0.2, -0.15) is 0 Å². The predicted molar refractivity (Wildman–Crippen MR) is 66.3 cm³/mol. The highest BCUT2D eigenvalue weighted by atomic mass is 16.2. The highest BCUT2D eigenvalue weighted by molar-refractivity contribution is 5.88. The average Bonchev–Trinajstić information content (AvgIpc) is 2.25. The summed E-state index contributed by atoms with van der Waals surface area (Å²) in [5.74, 6) is -0.417. The Balaban J connectivity index is 2.88. The van der Waals surface area contributed by atoms with Gasteiger partial charge in [-0.3, -0.25) is 9.59 Å². The van der Waals surface area contributed by atoms with Crippen molar-refractivity contribution in [3.8, 4) is 0 Å². The molecule has 17 heavy (non-hydrogen) atoms. The SMILES string of the molecule is CC(=O)N[C@H](C(=O)NC(C)C)c1ccccc1. The molecule has 92 valence electrons. The van der Waals surface area contributed by atoms with Gasteiger partial charge in [-0.15, -0.1) is 0 Å². The van der Waals surface area contributed by atoms with Crippen molar-refractivity contribution in [2.75, 3.05) is 0 Å². The number of hydrogen-bond acceptors (Lipinski definition) is 2. The van der Waals surface area contributed by atoms with E-state index in [2.05, 4.69) is 10.6 Å². The van der Waals surface area contributed by atoms with Crippen molar-refractivity contribution in [2.24, 2.45) is 0 Å². The average molecular weight is 234 g/mol. The molecule has 0 radical (unpaired) electrons. The summed E-state index contributed by atoms with van der Waals surface area (Å²) in [5, 5.41) is 5.44. The summed E-state index contributed by atoms with van der Waals surface area (Å²) in [6.07, 6.45) is 0. The van der Waals surface area contributed by atoms with Crippen LogP contribution in [-0.4, -0.2) is 17.9 Å². The molecule has 0 aliphatic heterocycles. The van der Waals surface area contributed by atoms with Crippen LogP contribution < -0.4 is 10.6 Å². The van der Waals surface area contributed by atoms with Crippen LogP contribution >= 0.6 is 0 Å². The topological polar surface area (TPSA) is 58.2 Å². The lowest BCUT2D eigenvalue weighted by Gasteiger charge is -2.19. The van der Waals surface area contributed by atoms with Gasteiger partial charge < -0.3 is 10.6 Å². The number of hydrogen-bond donors (Lipinski definition) is 2. The van der Waals surface area contributed by atoms with E-state index in [9.17, 15) is 9.59 Å². The second-order valence-corrected chi connectivity index (χ2v) is 4.21. The molecule has 2 N–H and O–H groups in total. The molecule has 0 aliphatic rings. The molecule has 0 saturated heterocycles. The molecular weight excluding hydrogens is 216 g/mol. The summed E-state index contributed by atoms with van der Waals surface area (Å²) in [6, 6.07) is 8.61. The lowest BCUT2D eigenvalue weighted by Crippen LogP contribution is -2.42. The van der Waals surface area contributed by atoms with Crippen LogP contribution in [0.1, 0.15) is 32.4 Å². The van der Waals surface area contributed by atoms with E-state index in [4.69, 9.17) is 0 Å². The zero-order valence-electron chi connectivity index (χ0n) is 10.4. The van der Waals surface area contributed by atoms with E-state index in [1.807, 2.05) is 44.2 Å². The van der Waals surface area contributed by atoms with Gasteiger partial charge in [0.15, 0.2) is 0 Å². The number of carbonyl (C=O) groups is 2. The maximum Gasteiger partial charge on any atom is 0.247 e. The second kappa shape index (κ2) is 6.03. The van der Waals surface area contributed by atoms with Gasteiger partial charge in [-0.25, -0.2) is 0 Å². The molecule has 0 unspecified atom stereocenters. The van der Waals surface area contributed by atoms with Crippen molar-refractivity contribution in [3.05, 3.63) is 35.9 Å². The molecule has 0 aliphatic carbocycles. The zero-order chi connectivity index (χ0) is 12.8. The molecule has 4 heteroatoms. The van der Waals surface area contributed by atoms with E-state index in [0.717, 1.165) is 5.56 Å². The first-order chi connectivity index (χ1) is 8.00. The monoisotopic (exact) mass is 234 g/mol. The number of carbonyl (C=O) groups excluding carboxylic acids is 2. The maximum absolute atomic E-state index is 12.0. The molecule has 4 nitrogen and oxygen atoms in total. The minimum atomic E-state index is -0.629. The smallest absolute Gasteiger partial charge is 0.247 e. The highest BCUT2D eigenvalue weighted by Gasteiger charge is 2.21.